The Hall–Kier alpha value is -0.120. The molecular formula is C11H17ClN2S. The number of nitrogens with one attached hydrogen (secondary N) is 1. The predicted octanol–water partition coefficient (Wildman–Crippen LogP) is 3.47. The lowest BCUT2D eigenvalue weighted by atomic mass is 10.0. The van der Waals surface area contributed by atoms with Crippen LogP contribution in [0.1, 0.15) is 37.6 Å². The quantitative estimate of drug-likeness (QED) is 0.829. The van der Waals surface area contributed by atoms with Crippen molar-refractivity contribution in [3.63, 3.8) is 0 Å². The van der Waals surface area contributed by atoms with E-state index in [1.54, 1.807) is 17.5 Å². The molecule has 1 aromatic heterocycles. The summed E-state index contributed by atoms with van der Waals surface area (Å²) in [6, 6.07) is 0. The molecule has 0 aromatic carbocycles. The Labute approximate surface area is 100 Å². The van der Waals surface area contributed by atoms with Crippen LogP contribution in [0.4, 0.5) is 0 Å². The van der Waals surface area contributed by atoms with Crippen molar-refractivity contribution < 1.29 is 0 Å². The molecule has 0 amide bonds. The van der Waals surface area contributed by atoms with E-state index in [-0.39, 0.29) is 0 Å². The third-order valence-electron chi connectivity index (χ3n) is 3.04. The number of hydrogen-bond acceptors (Lipinski definition) is 3. The molecule has 0 unspecified atom stereocenters. The summed E-state index contributed by atoms with van der Waals surface area (Å²) >= 11 is 7.38. The van der Waals surface area contributed by atoms with E-state index in [2.05, 4.69) is 17.2 Å². The maximum atomic E-state index is 5.82. The molecule has 15 heavy (non-hydrogen) atoms. The van der Waals surface area contributed by atoms with Crippen LogP contribution in [-0.2, 0) is 6.54 Å². The Morgan fingerprint density at radius 2 is 2.40 bits per heavy atom. The highest BCUT2D eigenvalue weighted by atomic mass is 35.5. The standard InChI is InChI=1S/C11H17ClN2S/c1-2-3-11(4-5-11)8-13-7-10-14-6-9(12)15-10/h6,13H,2-5,7-8H2,1H3. The Bertz CT molecular complexity index is 320. The van der Waals surface area contributed by atoms with Gasteiger partial charge in [-0.25, -0.2) is 4.98 Å². The number of nitrogens with zero attached hydrogens (tertiary/aromatic N) is 1. The molecule has 0 aliphatic heterocycles. The lowest BCUT2D eigenvalue weighted by Gasteiger charge is -2.13. The normalized spacial score (nSPS) is 18.0. The number of rotatable bonds is 6. The van der Waals surface area contributed by atoms with Crippen molar-refractivity contribution in [2.75, 3.05) is 6.54 Å². The summed E-state index contributed by atoms with van der Waals surface area (Å²) in [6.07, 6.45) is 7.17. The molecule has 1 aliphatic carbocycles. The topological polar surface area (TPSA) is 24.9 Å². The van der Waals surface area contributed by atoms with Gasteiger partial charge in [-0.2, -0.15) is 0 Å². The third kappa shape index (κ3) is 3.16. The average Bonchev–Trinajstić information content (AvgIpc) is 2.83. The number of hydrogen-bond donors (Lipinski definition) is 1. The largest absolute Gasteiger partial charge is 0.310 e. The molecule has 1 heterocycles. The minimum absolute atomic E-state index is 0.621. The molecule has 0 saturated heterocycles. The van der Waals surface area contributed by atoms with E-state index < -0.39 is 0 Å². The first-order chi connectivity index (χ1) is 7.24. The van der Waals surface area contributed by atoms with Gasteiger partial charge in [0.1, 0.15) is 9.34 Å². The molecule has 4 heteroatoms. The zero-order chi connectivity index (χ0) is 10.7. The second kappa shape index (κ2) is 4.81. The molecule has 1 aromatic rings. The minimum Gasteiger partial charge on any atom is -0.310 e. The molecule has 84 valence electrons. The zero-order valence-electron chi connectivity index (χ0n) is 9.05. The van der Waals surface area contributed by atoms with Gasteiger partial charge in [0, 0.05) is 13.1 Å². The van der Waals surface area contributed by atoms with E-state index in [0.29, 0.717) is 5.41 Å². The average molecular weight is 245 g/mol. The fraction of sp³-hybridized carbons (Fsp3) is 0.727. The molecule has 1 aliphatic rings. The Kier molecular flexibility index (Phi) is 3.65. The van der Waals surface area contributed by atoms with Gasteiger partial charge in [-0.3, -0.25) is 0 Å². The Balaban J connectivity index is 1.71. The van der Waals surface area contributed by atoms with Crippen LogP contribution in [0.5, 0.6) is 0 Å². The van der Waals surface area contributed by atoms with Gasteiger partial charge in [-0.1, -0.05) is 24.9 Å². The summed E-state index contributed by atoms with van der Waals surface area (Å²) in [5.74, 6) is 0. The van der Waals surface area contributed by atoms with Gasteiger partial charge in [-0.15, -0.1) is 11.3 Å². The van der Waals surface area contributed by atoms with Crippen LogP contribution in [0.15, 0.2) is 6.20 Å². The van der Waals surface area contributed by atoms with Gasteiger partial charge in [0.05, 0.1) is 6.20 Å². The van der Waals surface area contributed by atoms with Crippen molar-refractivity contribution in [1.29, 1.82) is 0 Å². The highest BCUT2D eigenvalue weighted by molar-refractivity contribution is 7.15. The highest BCUT2D eigenvalue weighted by Crippen LogP contribution is 2.48. The van der Waals surface area contributed by atoms with Crippen LogP contribution in [0.2, 0.25) is 4.34 Å². The van der Waals surface area contributed by atoms with Crippen LogP contribution in [0, 0.1) is 5.41 Å². The van der Waals surface area contributed by atoms with Gasteiger partial charge < -0.3 is 5.32 Å². The van der Waals surface area contributed by atoms with Crippen molar-refractivity contribution in [1.82, 2.24) is 10.3 Å². The van der Waals surface area contributed by atoms with Gasteiger partial charge in [-0.05, 0) is 24.7 Å². The van der Waals surface area contributed by atoms with E-state index in [0.717, 1.165) is 22.4 Å². The molecular weight excluding hydrogens is 228 g/mol. The number of thiazole rings is 1. The smallest absolute Gasteiger partial charge is 0.113 e. The molecule has 1 N–H and O–H groups in total. The summed E-state index contributed by atoms with van der Waals surface area (Å²) < 4.78 is 0.779. The molecule has 0 radical (unpaired) electrons. The summed E-state index contributed by atoms with van der Waals surface area (Å²) in [5.41, 5.74) is 0.621. The van der Waals surface area contributed by atoms with Crippen molar-refractivity contribution in [3.05, 3.63) is 15.5 Å². The van der Waals surface area contributed by atoms with Crippen LogP contribution < -0.4 is 5.32 Å². The predicted molar refractivity (Wildman–Crippen MR) is 65.4 cm³/mol. The monoisotopic (exact) mass is 244 g/mol. The van der Waals surface area contributed by atoms with E-state index >= 15 is 0 Å². The lowest BCUT2D eigenvalue weighted by molar-refractivity contribution is 0.420. The highest BCUT2D eigenvalue weighted by Gasteiger charge is 2.40. The Morgan fingerprint density at radius 1 is 1.60 bits per heavy atom. The molecule has 0 spiro atoms. The first-order valence-electron chi connectivity index (χ1n) is 5.55. The minimum atomic E-state index is 0.621. The van der Waals surface area contributed by atoms with Gasteiger partial charge in [0.2, 0.25) is 0 Å². The number of aromatic nitrogens is 1. The van der Waals surface area contributed by atoms with Crippen LogP contribution in [0.3, 0.4) is 0 Å². The van der Waals surface area contributed by atoms with E-state index in [1.165, 1.54) is 25.7 Å². The zero-order valence-corrected chi connectivity index (χ0v) is 10.6. The molecule has 0 bridgehead atoms. The van der Waals surface area contributed by atoms with Crippen LogP contribution in [-0.4, -0.2) is 11.5 Å². The molecule has 0 atom stereocenters. The van der Waals surface area contributed by atoms with Gasteiger partial charge >= 0.3 is 0 Å². The number of halogens is 1. The van der Waals surface area contributed by atoms with Crippen molar-refractivity contribution in [3.8, 4) is 0 Å². The van der Waals surface area contributed by atoms with Gasteiger partial charge in [0.25, 0.3) is 0 Å². The summed E-state index contributed by atoms with van der Waals surface area (Å²) in [4.78, 5) is 4.23. The molecule has 2 rings (SSSR count). The van der Waals surface area contributed by atoms with Crippen molar-refractivity contribution >= 4 is 22.9 Å². The second-order valence-corrected chi connectivity index (χ2v) is 6.16. The fourth-order valence-electron chi connectivity index (χ4n) is 2.03. The Morgan fingerprint density at radius 3 is 2.93 bits per heavy atom. The van der Waals surface area contributed by atoms with E-state index in [9.17, 15) is 0 Å². The SMILES string of the molecule is CCCC1(CNCc2ncc(Cl)s2)CC1. The summed E-state index contributed by atoms with van der Waals surface area (Å²) in [7, 11) is 0. The van der Waals surface area contributed by atoms with Crippen molar-refractivity contribution in [2.45, 2.75) is 39.2 Å². The van der Waals surface area contributed by atoms with Crippen LogP contribution >= 0.6 is 22.9 Å². The molecule has 1 fully saturated rings. The molecule has 1 saturated carbocycles. The van der Waals surface area contributed by atoms with Crippen LogP contribution in [0.25, 0.3) is 0 Å². The van der Waals surface area contributed by atoms with Crippen molar-refractivity contribution in [2.24, 2.45) is 5.41 Å². The first-order valence-corrected chi connectivity index (χ1v) is 6.74. The van der Waals surface area contributed by atoms with E-state index in [4.69, 9.17) is 11.6 Å². The summed E-state index contributed by atoms with van der Waals surface area (Å²) in [6.45, 7) is 4.27. The van der Waals surface area contributed by atoms with Gasteiger partial charge in [0.15, 0.2) is 0 Å². The second-order valence-electron chi connectivity index (χ2n) is 4.41. The summed E-state index contributed by atoms with van der Waals surface area (Å²) in [5, 5.41) is 4.58. The first kappa shape index (κ1) is 11.4. The maximum absolute atomic E-state index is 5.82. The van der Waals surface area contributed by atoms with E-state index in [1.807, 2.05) is 0 Å². The lowest BCUT2D eigenvalue weighted by Crippen LogP contribution is -2.23. The maximum Gasteiger partial charge on any atom is 0.113 e. The molecule has 2 nitrogen and oxygen atoms in total. The third-order valence-corrected chi connectivity index (χ3v) is 4.15. The fourth-order valence-corrected chi connectivity index (χ4v) is 2.95.